The third kappa shape index (κ3) is 2.87. The number of oxazole rings is 1. The van der Waals surface area contributed by atoms with E-state index in [4.69, 9.17) is 4.42 Å². The monoisotopic (exact) mass is 332 g/mol. The van der Waals surface area contributed by atoms with Gasteiger partial charge in [-0.2, -0.15) is 0 Å². The highest BCUT2D eigenvalue weighted by atomic mass is 32.2. The molecule has 23 heavy (non-hydrogen) atoms. The molecule has 0 aliphatic heterocycles. The number of aromatic nitrogens is 1. The van der Waals surface area contributed by atoms with Crippen molar-refractivity contribution in [2.75, 3.05) is 4.72 Å². The first-order chi connectivity index (χ1) is 10.8. The molecule has 0 fully saturated rings. The van der Waals surface area contributed by atoms with E-state index in [2.05, 4.69) is 4.72 Å². The van der Waals surface area contributed by atoms with Crippen molar-refractivity contribution in [1.82, 2.24) is 4.57 Å². The van der Waals surface area contributed by atoms with Crippen LogP contribution in [0, 0.1) is 13.8 Å². The molecule has 120 valence electrons. The summed E-state index contributed by atoms with van der Waals surface area (Å²) in [5, 5.41) is 0. The van der Waals surface area contributed by atoms with Crippen LogP contribution in [0.3, 0.4) is 0 Å². The van der Waals surface area contributed by atoms with Crippen LogP contribution in [0.2, 0.25) is 0 Å². The molecule has 0 saturated carbocycles. The maximum atomic E-state index is 12.5. The maximum absolute atomic E-state index is 12.5. The molecule has 0 amide bonds. The van der Waals surface area contributed by atoms with Gasteiger partial charge in [-0.3, -0.25) is 9.29 Å². The van der Waals surface area contributed by atoms with Gasteiger partial charge in [0.25, 0.3) is 10.0 Å². The highest BCUT2D eigenvalue weighted by Crippen LogP contribution is 2.22. The Balaban J connectivity index is 2.03. The van der Waals surface area contributed by atoms with E-state index in [1.165, 1.54) is 16.7 Å². The number of benzene rings is 2. The average molecular weight is 332 g/mol. The molecule has 0 unspecified atom stereocenters. The summed E-state index contributed by atoms with van der Waals surface area (Å²) < 4.78 is 34.0. The van der Waals surface area contributed by atoms with E-state index >= 15 is 0 Å². The van der Waals surface area contributed by atoms with Crippen molar-refractivity contribution in [1.29, 1.82) is 0 Å². The minimum absolute atomic E-state index is 0.0403. The lowest BCUT2D eigenvalue weighted by molar-refractivity contribution is 0.527. The predicted octanol–water partition coefficient (Wildman–Crippen LogP) is 2.55. The summed E-state index contributed by atoms with van der Waals surface area (Å²) in [4.78, 5) is 11.5. The van der Waals surface area contributed by atoms with Gasteiger partial charge in [-0.25, -0.2) is 13.2 Å². The molecule has 0 spiro atoms. The zero-order chi connectivity index (χ0) is 16.8. The van der Waals surface area contributed by atoms with Crippen LogP contribution in [0.1, 0.15) is 11.1 Å². The molecule has 0 radical (unpaired) electrons. The second kappa shape index (κ2) is 5.27. The fourth-order valence-electron chi connectivity index (χ4n) is 2.53. The van der Waals surface area contributed by atoms with Crippen molar-refractivity contribution in [2.45, 2.75) is 18.7 Å². The second-order valence-corrected chi connectivity index (χ2v) is 7.22. The number of rotatable bonds is 3. The fraction of sp³-hybridized carbons (Fsp3) is 0.188. The summed E-state index contributed by atoms with van der Waals surface area (Å²) in [6.45, 7) is 3.80. The summed E-state index contributed by atoms with van der Waals surface area (Å²) in [5.41, 5.74) is 3.21. The molecule has 0 aliphatic carbocycles. The molecule has 2 aromatic carbocycles. The Morgan fingerprint density at radius 3 is 2.35 bits per heavy atom. The molecule has 1 heterocycles. The average Bonchev–Trinajstić information content (AvgIpc) is 2.72. The van der Waals surface area contributed by atoms with Gasteiger partial charge in [0.05, 0.1) is 10.4 Å². The minimum atomic E-state index is -3.76. The smallest absolute Gasteiger partial charge is 0.408 e. The summed E-state index contributed by atoms with van der Waals surface area (Å²) >= 11 is 0. The molecule has 0 aliphatic rings. The molecule has 1 aromatic heterocycles. The third-order valence-corrected chi connectivity index (χ3v) is 4.93. The van der Waals surface area contributed by atoms with Crippen molar-refractivity contribution in [2.24, 2.45) is 7.05 Å². The van der Waals surface area contributed by atoms with Gasteiger partial charge in [-0.15, -0.1) is 0 Å². The maximum Gasteiger partial charge on any atom is 0.419 e. The molecule has 7 heteroatoms. The number of nitrogens with one attached hydrogen (secondary N) is 1. The molecular formula is C16H16N2O4S. The van der Waals surface area contributed by atoms with E-state index < -0.39 is 15.8 Å². The van der Waals surface area contributed by atoms with Crippen molar-refractivity contribution in [3.8, 4) is 0 Å². The number of sulfonamides is 1. The van der Waals surface area contributed by atoms with E-state index in [-0.39, 0.29) is 10.5 Å². The first kappa shape index (κ1) is 15.4. The summed E-state index contributed by atoms with van der Waals surface area (Å²) in [6.07, 6.45) is 0. The van der Waals surface area contributed by atoms with Crippen molar-refractivity contribution < 1.29 is 12.8 Å². The van der Waals surface area contributed by atoms with Gasteiger partial charge in [0.1, 0.15) is 0 Å². The largest absolute Gasteiger partial charge is 0.419 e. The molecule has 1 N–H and O–H groups in total. The highest BCUT2D eigenvalue weighted by molar-refractivity contribution is 7.92. The van der Waals surface area contributed by atoms with Gasteiger partial charge >= 0.3 is 5.76 Å². The highest BCUT2D eigenvalue weighted by Gasteiger charge is 2.17. The first-order valence-electron chi connectivity index (χ1n) is 6.97. The number of hydrogen-bond acceptors (Lipinski definition) is 4. The summed E-state index contributed by atoms with van der Waals surface area (Å²) in [6, 6.07) is 9.82. The molecular weight excluding hydrogens is 316 g/mol. The Hall–Kier alpha value is -2.54. The van der Waals surface area contributed by atoms with Gasteiger partial charge in [0, 0.05) is 18.8 Å². The van der Waals surface area contributed by atoms with Crippen molar-refractivity contribution in [3.05, 3.63) is 58.1 Å². The van der Waals surface area contributed by atoms with Crippen LogP contribution in [-0.2, 0) is 17.1 Å². The van der Waals surface area contributed by atoms with Crippen LogP contribution in [0.5, 0.6) is 0 Å². The minimum Gasteiger partial charge on any atom is -0.408 e. The Morgan fingerprint density at radius 2 is 1.70 bits per heavy atom. The van der Waals surface area contributed by atoms with Crippen molar-refractivity contribution in [3.63, 3.8) is 0 Å². The lowest BCUT2D eigenvalue weighted by Crippen LogP contribution is -2.13. The second-order valence-electron chi connectivity index (χ2n) is 5.54. The van der Waals surface area contributed by atoms with Crippen LogP contribution in [0.25, 0.3) is 11.1 Å². The van der Waals surface area contributed by atoms with Crippen LogP contribution in [0.4, 0.5) is 5.69 Å². The molecule has 0 saturated heterocycles. The molecule has 6 nitrogen and oxygen atoms in total. The quantitative estimate of drug-likeness (QED) is 0.799. The van der Waals surface area contributed by atoms with E-state index in [1.807, 2.05) is 19.9 Å². The summed E-state index contributed by atoms with van der Waals surface area (Å²) in [7, 11) is -2.20. The van der Waals surface area contributed by atoms with Gasteiger partial charge in [0.15, 0.2) is 5.58 Å². The standard InChI is InChI=1S/C16H16N2O4S/c1-10-6-11(2)8-12(7-10)17-23(20,21)13-4-5-14-15(9-13)22-16(19)18(14)3/h4-9,17H,1-3H3. The van der Waals surface area contributed by atoms with Crippen LogP contribution < -0.4 is 10.5 Å². The zero-order valence-corrected chi connectivity index (χ0v) is 13.8. The van der Waals surface area contributed by atoms with E-state index in [1.54, 1.807) is 25.2 Å². The Kier molecular flexibility index (Phi) is 3.52. The van der Waals surface area contributed by atoms with Gasteiger partial charge in [0.2, 0.25) is 0 Å². The number of nitrogens with zero attached hydrogens (tertiary/aromatic N) is 1. The zero-order valence-electron chi connectivity index (χ0n) is 13.0. The predicted molar refractivity (Wildman–Crippen MR) is 88.2 cm³/mol. The Labute approximate surface area is 133 Å². The Bertz CT molecular complexity index is 1040. The van der Waals surface area contributed by atoms with Gasteiger partial charge in [-0.1, -0.05) is 6.07 Å². The molecule has 0 atom stereocenters. The Morgan fingerprint density at radius 1 is 1.04 bits per heavy atom. The first-order valence-corrected chi connectivity index (χ1v) is 8.45. The number of hydrogen-bond donors (Lipinski definition) is 1. The van der Waals surface area contributed by atoms with Crippen LogP contribution >= 0.6 is 0 Å². The summed E-state index contributed by atoms with van der Waals surface area (Å²) in [5.74, 6) is -0.531. The topological polar surface area (TPSA) is 81.3 Å². The third-order valence-electron chi connectivity index (χ3n) is 3.55. The number of anilines is 1. The van der Waals surface area contributed by atoms with Crippen LogP contribution in [0.15, 0.2) is 50.5 Å². The van der Waals surface area contributed by atoms with Crippen molar-refractivity contribution >= 4 is 26.8 Å². The van der Waals surface area contributed by atoms with Gasteiger partial charge in [-0.05, 0) is 49.2 Å². The lowest BCUT2D eigenvalue weighted by atomic mass is 10.1. The van der Waals surface area contributed by atoms with Crippen LogP contribution in [-0.4, -0.2) is 13.0 Å². The SMILES string of the molecule is Cc1cc(C)cc(NS(=O)(=O)c2ccc3c(c2)oc(=O)n3C)c1. The van der Waals surface area contributed by atoms with E-state index in [0.29, 0.717) is 11.2 Å². The lowest BCUT2D eigenvalue weighted by Gasteiger charge is -2.09. The van der Waals surface area contributed by atoms with Gasteiger partial charge < -0.3 is 4.42 Å². The molecule has 3 aromatic rings. The molecule has 0 bridgehead atoms. The normalized spacial score (nSPS) is 11.8. The number of aryl methyl sites for hydroxylation is 3. The molecule has 3 rings (SSSR count). The van der Waals surface area contributed by atoms with E-state index in [0.717, 1.165) is 11.1 Å². The van der Waals surface area contributed by atoms with E-state index in [9.17, 15) is 13.2 Å². The number of fused-ring (bicyclic) bond motifs is 1. The fourth-order valence-corrected chi connectivity index (χ4v) is 3.58.